The van der Waals surface area contributed by atoms with Crippen LogP contribution in [0.2, 0.25) is 0 Å². The van der Waals surface area contributed by atoms with Gasteiger partial charge in [-0.25, -0.2) is 0 Å². The van der Waals surface area contributed by atoms with E-state index in [-0.39, 0.29) is 5.56 Å². The first kappa shape index (κ1) is 9.09. The molecule has 12 heavy (non-hydrogen) atoms. The highest BCUT2D eigenvalue weighted by Gasteiger charge is 2.35. The third-order valence-corrected chi connectivity index (χ3v) is 1.54. The van der Waals surface area contributed by atoms with Crippen molar-refractivity contribution in [1.29, 1.82) is 0 Å². The Bertz CT molecular complexity index is 275. The van der Waals surface area contributed by atoms with E-state index >= 15 is 0 Å². The van der Waals surface area contributed by atoms with Crippen LogP contribution in [-0.4, -0.2) is 9.78 Å². The van der Waals surface area contributed by atoms with Crippen LogP contribution in [0.5, 0.6) is 0 Å². The largest absolute Gasteiger partial charge is 0.435 e. The van der Waals surface area contributed by atoms with Crippen LogP contribution in [0, 0.1) is 6.92 Å². The smallest absolute Gasteiger partial charge is 0.272 e. The first-order valence-electron chi connectivity index (χ1n) is 3.56. The molecule has 0 fully saturated rings. The standard InChI is InChI=1S/C7H9F3N2/c1-3-12-4-5(2)6(11-12)7(8,9)10/h4H,3H2,1-2H3. The predicted octanol–water partition coefficient (Wildman–Crippen LogP) is 2.23. The van der Waals surface area contributed by atoms with Gasteiger partial charge in [-0.1, -0.05) is 0 Å². The fourth-order valence-electron chi connectivity index (χ4n) is 0.963. The van der Waals surface area contributed by atoms with E-state index in [0.29, 0.717) is 6.54 Å². The maximum absolute atomic E-state index is 12.1. The van der Waals surface area contributed by atoms with Gasteiger partial charge < -0.3 is 0 Å². The predicted molar refractivity (Wildman–Crippen MR) is 37.6 cm³/mol. The highest BCUT2D eigenvalue weighted by molar-refractivity contribution is 5.17. The van der Waals surface area contributed by atoms with Gasteiger partial charge in [-0.05, 0) is 19.4 Å². The molecule has 68 valence electrons. The van der Waals surface area contributed by atoms with Crippen molar-refractivity contribution in [2.75, 3.05) is 0 Å². The van der Waals surface area contributed by atoms with E-state index in [1.807, 2.05) is 0 Å². The summed E-state index contributed by atoms with van der Waals surface area (Å²) in [4.78, 5) is 0. The zero-order valence-corrected chi connectivity index (χ0v) is 6.81. The van der Waals surface area contributed by atoms with Gasteiger partial charge in [-0.2, -0.15) is 18.3 Å². The van der Waals surface area contributed by atoms with Crippen LogP contribution in [0.15, 0.2) is 6.20 Å². The van der Waals surface area contributed by atoms with Crippen LogP contribution < -0.4 is 0 Å². The summed E-state index contributed by atoms with van der Waals surface area (Å²) in [6, 6.07) is 0. The molecule has 0 aromatic carbocycles. The molecule has 0 bridgehead atoms. The Morgan fingerprint density at radius 2 is 2.08 bits per heavy atom. The van der Waals surface area contributed by atoms with Crippen LogP contribution in [-0.2, 0) is 12.7 Å². The van der Waals surface area contributed by atoms with Gasteiger partial charge >= 0.3 is 6.18 Å². The Morgan fingerprint density at radius 3 is 2.33 bits per heavy atom. The lowest BCUT2D eigenvalue weighted by Gasteiger charge is -2.01. The number of hydrogen-bond donors (Lipinski definition) is 0. The van der Waals surface area contributed by atoms with Gasteiger partial charge in [0, 0.05) is 12.7 Å². The van der Waals surface area contributed by atoms with Gasteiger partial charge in [0.1, 0.15) is 0 Å². The molecule has 5 heteroatoms. The summed E-state index contributed by atoms with van der Waals surface area (Å²) < 4.78 is 37.6. The Labute approximate surface area is 68.0 Å². The Hall–Kier alpha value is -1.00. The molecular weight excluding hydrogens is 169 g/mol. The number of aromatic nitrogens is 2. The van der Waals surface area contributed by atoms with Crippen molar-refractivity contribution in [2.45, 2.75) is 26.6 Å². The zero-order chi connectivity index (χ0) is 9.35. The normalized spacial score (nSPS) is 12.1. The number of alkyl halides is 3. The molecule has 0 unspecified atom stereocenters. The van der Waals surface area contributed by atoms with Crippen molar-refractivity contribution < 1.29 is 13.2 Å². The molecule has 0 amide bonds. The highest BCUT2D eigenvalue weighted by atomic mass is 19.4. The molecule has 0 aliphatic rings. The molecule has 2 nitrogen and oxygen atoms in total. The fraction of sp³-hybridized carbons (Fsp3) is 0.571. The molecule has 0 N–H and O–H groups in total. The minimum atomic E-state index is -4.33. The number of hydrogen-bond acceptors (Lipinski definition) is 1. The van der Waals surface area contributed by atoms with Crippen molar-refractivity contribution in [3.8, 4) is 0 Å². The molecule has 0 saturated carbocycles. The van der Waals surface area contributed by atoms with Gasteiger partial charge in [-0.3, -0.25) is 4.68 Å². The third kappa shape index (κ3) is 1.60. The van der Waals surface area contributed by atoms with Crippen molar-refractivity contribution in [1.82, 2.24) is 9.78 Å². The number of aryl methyl sites for hydroxylation is 2. The topological polar surface area (TPSA) is 17.8 Å². The molecule has 1 aromatic rings. The average Bonchev–Trinajstić information content (AvgIpc) is 2.29. The molecule has 1 rings (SSSR count). The van der Waals surface area contributed by atoms with E-state index in [1.165, 1.54) is 17.8 Å². The monoisotopic (exact) mass is 178 g/mol. The van der Waals surface area contributed by atoms with Crippen LogP contribution in [0.1, 0.15) is 18.2 Å². The van der Waals surface area contributed by atoms with Crippen LogP contribution in [0.4, 0.5) is 13.2 Å². The Kier molecular flexibility index (Phi) is 2.12. The first-order chi connectivity index (χ1) is 5.45. The van der Waals surface area contributed by atoms with Crippen molar-refractivity contribution in [3.05, 3.63) is 17.5 Å². The molecule has 0 aliphatic heterocycles. The second kappa shape index (κ2) is 2.80. The van der Waals surface area contributed by atoms with E-state index in [0.717, 1.165) is 0 Å². The first-order valence-corrected chi connectivity index (χ1v) is 3.56. The molecule has 0 radical (unpaired) electrons. The van der Waals surface area contributed by atoms with Gasteiger partial charge in [0.2, 0.25) is 0 Å². The van der Waals surface area contributed by atoms with Crippen molar-refractivity contribution >= 4 is 0 Å². The summed E-state index contributed by atoms with van der Waals surface area (Å²) in [5, 5.41) is 3.39. The molecule has 0 atom stereocenters. The van der Waals surface area contributed by atoms with Crippen LogP contribution >= 0.6 is 0 Å². The van der Waals surface area contributed by atoms with Gasteiger partial charge in [-0.15, -0.1) is 0 Å². The Morgan fingerprint density at radius 1 is 1.50 bits per heavy atom. The molecule has 1 aromatic heterocycles. The lowest BCUT2D eigenvalue weighted by Crippen LogP contribution is -2.08. The van der Waals surface area contributed by atoms with Gasteiger partial charge in [0.05, 0.1) is 0 Å². The molecule has 1 heterocycles. The van der Waals surface area contributed by atoms with E-state index < -0.39 is 11.9 Å². The average molecular weight is 178 g/mol. The van der Waals surface area contributed by atoms with Crippen LogP contribution in [0.3, 0.4) is 0 Å². The Balaban J connectivity index is 3.08. The third-order valence-electron chi connectivity index (χ3n) is 1.54. The van der Waals surface area contributed by atoms with E-state index in [2.05, 4.69) is 5.10 Å². The summed E-state index contributed by atoms with van der Waals surface area (Å²) in [6.07, 6.45) is -2.94. The maximum Gasteiger partial charge on any atom is 0.435 e. The second-order valence-corrected chi connectivity index (χ2v) is 2.51. The van der Waals surface area contributed by atoms with Gasteiger partial charge in [0.15, 0.2) is 5.69 Å². The maximum atomic E-state index is 12.1. The summed E-state index contributed by atoms with van der Waals surface area (Å²) >= 11 is 0. The van der Waals surface area contributed by atoms with E-state index in [1.54, 1.807) is 6.92 Å². The summed E-state index contributed by atoms with van der Waals surface area (Å²) in [7, 11) is 0. The molecule has 0 saturated heterocycles. The minimum absolute atomic E-state index is 0.171. The van der Waals surface area contributed by atoms with Gasteiger partial charge in [0.25, 0.3) is 0 Å². The van der Waals surface area contributed by atoms with E-state index in [4.69, 9.17) is 0 Å². The quantitative estimate of drug-likeness (QED) is 0.644. The number of halogens is 3. The summed E-state index contributed by atoms with van der Waals surface area (Å²) in [6.45, 7) is 3.60. The fourth-order valence-corrected chi connectivity index (χ4v) is 0.963. The van der Waals surface area contributed by atoms with E-state index in [9.17, 15) is 13.2 Å². The summed E-state index contributed by atoms with van der Waals surface area (Å²) in [5.41, 5.74) is -0.617. The second-order valence-electron chi connectivity index (χ2n) is 2.51. The molecular formula is C7H9F3N2. The van der Waals surface area contributed by atoms with Crippen molar-refractivity contribution in [2.24, 2.45) is 0 Å². The molecule has 0 spiro atoms. The SMILES string of the molecule is CCn1cc(C)c(C(F)(F)F)n1. The van der Waals surface area contributed by atoms with Crippen molar-refractivity contribution in [3.63, 3.8) is 0 Å². The number of nitrogens with zero attached hydrogens (tertiary/aromatic N) is 2. The number of rotatable bonds is 1. The zero-order valence-electron chi connectivity index (χ0n) is 6.81. The highest BCUT2D eigenvalue weighted by Crippen LogP contribution is 2.29. The summed E-state index contributed by atoms with van der Waals surface area (Å²) in [5.74, 6) is 0. The lowest BCUT2D eigenvalue weighted by atomic mass is 10.3. The minimum Gasteiger partial charge on any atom is -0.272 e. The van der Waals surface area contributed by atoms with Crippen LogP contribution in [0.25, 0.3) is 0 Å². The lowest BCUT2D eigenvalue weighted by molar-refractivity contribution is -0.141. The molecule has 0 aliphatic carbocycles.